The van der Waals surface area contributed by atoms with Crippen LogP contribution < -0.4 is 10.1 Å². The molecule has 108 valence electrons. The third-order valence-corrected chi connectivity index (χ3v) is 4.28. The number of ether oxygens (including phenoxy) is 1. The van der Waals surface area contributed by atoms with Gasteiger partial charge in [0, 0.05) is 0 Å². The molecule has 0 fully saturated rings. The number of anilines is 1. The summed E-state index contributed by atoms with van der Waals surface area (Å²) in [6.45, 7) is 2.93. The van der Waals surface area contributed by atoms with E-state index in [-0.39, 0.29) is 20.7 Å². The molecule has 0 aliphatic heterocycles. The minimum atomic E-state index is -0.0445. The van der Waals surface area contributed by atoms with E-state index in [0.717, 1.165) is 22.3 Å². The summed E-state index contributed by atoms with van der Waals surface area (Å²) in [4.78, 5) is 0. The van der Waals surface area contributed by atoms with Crippen LogP contribution >= 0.6 is 0 Å². The van der Waals surface area contributed by atoms with Gasteiger partial charge in [0.15, 0.2) is 0 Å². The average molecular weight is 348 g/mol. The monoisotopic (exact) mass is 349 g/mol. The third kappa shape index (κ3) is 2.86. The van der Waals surface area contributed by atoms with Gasteiger partial charge in [-0.1, -0.05) is 0 Å². The molecule has 3 aromatic rings. The quantitative estimate of drug-likeness (QED) is 0.693. The number of benzene rings is 2. The average Bonchev–Trinajstić information content (AvgIpc) is 2.97. The fourth-order valence-corrected chi connectivity index (χ4v) is 3.27. The molecular formula is C15H15N3O2Se. The summed E-state index contributed by atoms with van der Waals surface area (Å²) in [7, 11) is 0. The summed E-state index contributed by atoms with van der Waals surface area (Å²) < 4.78 is 14.2. The predicted molar refractivity (Wildman–Crippen MR) is 83.1 cm³/mol. The molecule has 2 N–H and O–H groups in total. The fraction of sp³-hybridized carbons (Fsp3) is 0.200. The molecular weight excluding hydrogens is 333 g/mol. The number of nitrogens with one attached hydrogen (secondary N) is 1. The van der Waals surface area contributed by atoms with E-state index in [2.05, 4.69) is 13.3 Å². The first kappa shape index (κ1) is 13.9. The Labute approximate surface area is 128 Å². The van der Waals surface area contributed by atoms with E-state index in [1.165, 1.54) is 0 Å². The minimum absolute atomic E-state index is 0.0445. The van der Waals surface area contributed by atoms with E-state index < -0.39 is 0 Å². The SMILES string of the molecule is CCOc1cccc(CNc2cccc3n[se]nc23)c1O. The number of rotatable bonds is 5. The van der Waals surface area contributed by atoms with Gasteiger partial charge in [-0.3, -0.25) is 0 Å². The molecule has 0 radical (unpaired) electrons. The van der Waals surface area contributed by atoms with Crippen LogP contribution in [0.15, 0.2) is 36.4 Å². The molecule has 0 aliphatic rings. The molecule has 0 saturated heterocycles. The number of nitrogens with zero attached hydrogens (tertiary/aromatic N) is 2. The molecule has 0 atom stereocenters. The van der Waals surface area contributed by atoms with Gasteiger partial charge in [0.1, 0.15) is 0 Å². The molecule has 2 aromatic carbocycles. The summed E-state index contributed by atoms with van der Waals surface area (Å²) in [5, 5.41) is 13.5. The van der Waals surface area contributed by atoms with Crippen molar-refractivity contribution < 1.29 is 9.84 Å². The Hall–Kier alpha value is -2.04. The van der Waals surface area contributed by atoms with E-state index in [1.807, 2.05) is 37.3 Å². The van der Waals surface area contributed by atoms with Crippen molar-refractivity contribution in [1.29, 1.82) is 0 Å². The van der Waals surface area contributed by atoms with Crippen molar-refractivity contribution in [3.63, 3.8) is 0 Å². The Kier molecular flexibility index (Phi) is 4.08. The number of fused-ring (bicyclic) bond motifs is 1. The topological polar surface area (TPSA) is 67.3 Å². The van der Waals surface area contributed by atoms with E-state index in [0.29, 0.717) is 18.9 Å². The second kappa shape index (κ2) is 6.16. The molecule has 6 heteroatoms. The number of hydrogen-bond donors (Lipinski definition) is 2. The second-order valence-electron chi connectivity index (χ2n) is 4.49. The number of phenols is 1. The van der Waals surface area contributed by atoms with Gasteiger partial charge >= 0.3 is 128 Å². The van der Waals surface area contributed by atoms with Crippen molar-refractivity contribution in [2.45, 2.75) is 13.5 Å². The van der Waals surface area contributed by atoms with Crippen LogP contribution in [0.3, 0.4) is 0 Å². The fourth-order valence-electron chi connectivity index (χ4n) is 2.12. The maximum absolute atomic E-state index is 10.2. The van der Waals surface area contributed by atoms with Crippen molar-refractivity contribution >= 4 is 31.7 Å². The van der Waals surface area contributed by atoms with Gasteiger partial charge in [-0.05, 0) is 0 Å². The van der Waals surface area contributed by atoms with Crippen LogP contribution in [-0.4, -0.2) is 34.6 Å². The molecule has 0 amide bonds. The molecule has 0 spiro atoms. The van der Waals surface area contributed by atoms with Crippen LogP contribution in [0.1, 0.15) is 12.5 Å². The molecule has 0 unspecified atom stereocenters. The molecule has 0 saturated carbocycles. The number of aromatic hydroxyl groups is 1. The Balaban J connectivity index is 1.82. The number of para-hydroxylation sites is 1. The second-order valence-corrected chi connectivity index (χ2v) is 5.60. The molecule has 1 heterocycles. The van der Waals surface area contributed by atoms with Crippen LogP contribution in [0, 0.1) is 0 Å². The van der Waals surface area contributed by atoms with Crippen LogP contribution in [-0.2, 0) is 6.54 Å². The standard InChI is InChI=1S/C15H15N3O2Se/c1-2-20-13-8-3-5-10(15(13)19)9-16-11-6-4-7-12-14(11)18-21-17-12/h3-8,16,19H,2,9H2,1H3. The summed E-state index contributed by atoms with van der Waals surface area (Å²) in [6.07, 6.45) is 0. The number of aromatic nitrogens is 2. The molecule has 0 bridgehead atoms. The van der Waals surface area contributed by atoms with Crippen molar-refractivity contribution in [2.24, 2.45) is 0 Å². The van der Waals surface area contributed by atoms with E-state index in [1.54, 1.807) is 6.07 Å². The maximum atomic E-state index is 10.2. The molecule has 1 aromatic heterocycles. The first-order valence-electron chi connectivity index (χ1n) is 6.68. The summed E-state index contributed by atoms with van der Waals surface area (Å²) in [6, 6.07) is 11.4. The van der Waals surface area contributed by atoms with Gasteiger partial charge in [-0.2, -0.15) is 0 Å². The van der Waals surface area contributed by atoms with E-state index in [9.17, 15) is 5.11 Å². The van der Waals surface area contributed by atoms with E-state index >= 15 is 0 Å². The summed E-state index contributed by atoms with van der Waals surface area (Å²) in [5.74, 6) is 0.698. The van der Waals surface area contributed by atoms with E-state index in [4.69, 9.17) is 4.74 Å². The molecule has 21 heavy (non-hydrogen) atoms. The summed E-state index contributed by atoms with van der Waals surface area (Å²) in [5.41, 5.74) is 3.58. The Morgan fingerprint density at radius 1 is 1.19 bits per heavy atom. The van der Waals surface area contributed by atoms with Crippen molar-refractivity contribution in [1.82, 2.24) is 7.96 Å². The molecule has 5 nitrogen and oxygen atoms in total. The van der Waals surface area contributed by atoms with Gasteiger partial charge in [0.25, 0.3) is 0 Å². The third-order valence-electron chi connectivity index (χ3n) is 3.14. The van der Waals surface area contributed by atoms with Gasteiger partial charge in [0.05, 0.1) is 0 Å². The van der Waals surface area contributed by atoms with Crippen LogP contribution in [0.25, 0.3) is 11.0 Å². The van der Waals surface area contributed by atoms with Gasteiger partial charge in [-0.15, -0.1) is 0 Å². The first-order valence-corrected chi connectivity index (χ1v) is 8.21. The zero-order valence-electron chi connectivity index (χ0n) is 11.5. The number of hydrogen-bond acceptors (Lipinski definition) is 5. The first-order chi connectivity index (χ1) is 10.3. The molecule has 3 rings (SSSR count). The zero-order valence-corrected chi connectivity index (χ0v) is 13.2. The Morgan fingerprint density at radius 2 is 2.05 bits per heavy atom. The van der Waals surface area contributed by atoms with Crippen molar-refractivity contribution in [2.75, 3.05) is 11.9 Å². The summed E-state index contributed by atoms with van der Waals surface area (Å²) >= 11 is -0.0445. The van der Waals surface area contributed by atoms with Crippen LogP contribution in [0.4, 0.5) is 5.69 Å². The molecule has 0 aliphatic carbocycles. The van der Waals surface area contributed by atoms with Gasteiger partial charge < -0.3 is 0 Å². The predicted octanol–water partition coefficient (Wildman–Crippen LogP) is 2.40. The Bertz CT molecular complexity index is 758. The Morgan fingerprint density at radius 3 is 2.90 bits per heavy atom. The number of phenolic OH excluding ortho intramolecular Hbond substituents is 1. The normalized spacial score (nSPS) is 10.7. The van der Waals surface area contributed by atoms with Crippen molar-refractivity contribution in [3.05, 3.63) is 42.0 Å². The van der Waals surface area contributed by atoms with Crippen LogP contribution in [0.5, 0.6) is 11.5 Å². The zero-order chi connectivity index (χ0) is 14.7. The van der Waals surface area contributed by atoms with Gasteiger partial charge in [0.2, 0.25) is 0 Å². The van der Waals surface area contributed by atoms with Crippen LogP contribution in [0.2, 0.25) is 0 Å². The van der Waals surface area contributed by atoms with Crippen molar-refractivity contribution in [3.8, 4) is 11.5 Å². The van der Waals surface area contributed by atoms with Gasteiger partial charge in [-0.25, -0.2) is 0 Å².